The average Bonchev–Trinajstić information content (AvgIpc) is 3.44. The first kappa shape index (κ1) is 25.9. The van der Waals surface area contributed by atoms with E-state index in [1.165, 1.54) is 23.4 Å². The van der Waals surface area contributed by atoms with Crippen molar-refractivity contribution in [2.24, 2.45) is 0 Å². The summed E-state index contributed by atoms with van der Waals surface area (Å²) in [4.78, 5) is 41.6. The summed E-state index contributed by atoms with van der Waals surface area (Å²) in [7, 11) is 0. The lowest BCUT2D eigenvalue weighted by molar-refractivity contribution is -0.141. The molecule has 2 atom stereocenters. The maximum Gasteiger partial charge on any atom is 0.405 e. The Bertz CT molecular complexity index is 1210. The Morgan fingerprint density at radius 3 is 2.74 bits per heavy atom. The van der Waals surface area contributed by atoms with Gasteiger partial charge < -0.3 is 24.4 Å². The molecule has 15 heteroatoms. The van der Waals surface area contributed by atoms with Gasteiger partial charge in [-0.2, -0.15) is 13.2 Å². The molecule has 38 heavy (non-hydrogen) atoms. The second-order valence-electron chi connectivity index (χ2n) is 9.53. The molecule has 3 amide bonds. The molecule has 204 valence electrons. The van der Waals surface area contributed by atoms with Crippen LogP contribution in [0.5, 0.6) is 5.88 Å². The van der Waals surface area contributed by atoms with Crippen LogP contribution in [0.3, 0.4) is 0 Å². The molecule has 1 unspecified atom stereocenters. The molecular formula is C23H26F3N7O5. The van der Waals surface area contributed by atoms with Crippen molar-refractivity contribution in [2.75, 3.05) is 48.0 Å². The van der Waals surface area contributed by atoms with Crippen LogP contribution in [-0.4, -0.2) is 83.8 Å². The fourth-order valence-corrected chi connectivity index (χ4v) is 4.52. The van der Waals surface area contributed by atoms with Crippen LogP contribution < -0.4 is 25.2 Å². The SMILES string of the molecule is CC1(C)OC[C@@H](COc2cnc(NC(=O)N3c4nc(C(=O)NCC(F)(F)F)ccc4N4CCC3C4)cn2)O1. The van der Waals surface area contributed by atoms with E-state index >= 15 is 0 Å². The third kappa shape index (κ3) is 5.72. The van der Waals surface area contributed by atoms with Crippen LogP contribution in [0.15, 0.2) is 24.5 Å². The van der Waals surface area contributed by atoms with Crippen molar-refractivity contribution in [1.29, 1.82) is 0 Å². The van der Waals surface area contributed by atoms with Gasteiger partial charge in [0, 0.05) is 13.1 Å². The van der Waals surface area contributed by atoms with Gasteiger partial charge in [0.05, 0.1) is 30.7 Å². The molecule has 2 saturated heterocycles. The number of carbonyl (C=O) groups excluding carboxylic acids is 2. The van der Waals surface area contributed by atoms with E-state index < -0.39 is 30.4 Å². The molecule has 3 aliphatic rings. The van der Waals surface area contributed by atoms with Crippen molar-refractivity contribution < 1.29 is 37.0 Å². The molecule has 2 N–H and O–H groups in total. The summed E-state index contributed by atoms with van der Waals surface area (Å²) in [5.74, 6) is -1.07. The largest absolute Gasteiger partial charge is 0.474 e. The minimum atomic E-state index is -4.56. The standard InChI is InChI=1S/C23H26F3N7O5/c1-22(2)37-11-14(38-22)10-36-18-8-27-17(7-28-18)31-21(35)33-13-5-6-32(9-13)16-4-3-15(30-19(16)33)20(34)29-12-23(24,25)26/h3-4,7-8,13-14H,5-6,9-12H2,1-2H3,(H,29,34)(H,27,31,35)/t13?,14-/m1/s1. The van der Waals surface area contributed by atoms with Crippen molar-refractivity contribution in [3.05, 3.63) is 30.2 Å². The lowest BCUT2D eigenvalue weighted by Gasteiger charge is -2.35. The summed E-state index contributed by atoms with van der Waals surface area (Å²) < 4.78 is 54.3. The summed E-state index contributed by atoms with van der Waals surface area (Å²) in [5.41, 5.74) is 0.381. The number of urea groups is 1. The average molecular weight is 537 g/mol. The number of rotatable bonds is 6. The highest BCUT2D eigenvalue weighted by molar-refractivity contribution is 6.04. The van der Waals surface area contributed by atoms with Gasteiger partial charge >= 0.3 is 12.2 Å². The van der Waals surface area contributed by atoms with Crippen LogP contribution in [0.1, 0.15) is 30.8 Å². The Kier molecular flexibility index (Phi) is 6.73. The van der Waals surface area contributed by atoms with Gasteiger partial charge in [-0.3, -0.25) is 15.0 Å². The Hall–Kier alpha value is -3.72. The van der Waals surface area contributed by atoms with Gasteiger partial charge in [0.2, 0.25) is 5.88 Å². The van der Waals surface area contributed by atoms with E-state index in [2.05, 4.69) is 20.3 Å². The second-order valence-corrected chi connectivity index (χ2v) is 9.53. The quantitative estimate of drug-likeness (QED) is 0.570. The first-order valence-corrected chi connectivity index (χ1v) is 12.0. The van der Waals surface area contributed by atoms with Crippen molar-refractivity contribution in [3.8, 4) is 5.88 Å². The van der Waals surface area contributed by atoms with Gasteiger partial charge in [0.25, 0.3) is 5.91 Å². The van der Waals surface area contributed by atoms with E-state index in [1.807, 2.05) is 18.7 Å². The van der Waals surface area contributed by atoms with Gasteiger partial charge in [0.15, 0.2) is 17.4 Å². The molecular weight excluding hydrogens is 511 g/mol. The Morgan fingerprint density at radius 1 is 1.24 bits per heavy atom. The molecule has 0 aromatic carbocycles. The van der Waals surface area contributed by atoms with E-state index in [-0.39, 0.29) is 42.0 Å². The summed E-state index contributed by atoms with van der Waals surface area (Å²) in [5, 5.41) is 4.47. The van der Waals surface area contributed by atoms with Gasteiger partial charge in [-0.15, -0.1) is 0 Å². The third-order valence-corrected chi connectivity index (χ3v) is 6.20. The third-order valence-electron chi connectivity index (χ3n) is 6.20. The number of aromatic nitrogens is 3. The first-order chi connectivity index (χ1) is 18.0. The smallest absolute Gasteiger partial charge is 0.405 e. The highest BCUT2D eigenvalue weighted by Gasteiger charge is 2.41. The summed E-state index contributed by atoms with van der Waals surface area (Å²) in [6, 6.07) is 2.13. The normalized spacial score (nSPS) is 21.7. The molecule has 2 bridgehead atoms. The van der Waals surface area contributed by atoms with Crippen molar-refractivity contribution in [2.45, 2.75) is 44.4 Å². The van der Waals surface area contributed by atoms with Gasteiger partial charge in [0.1, 0.15) is 24.9 Å². The van der Waals surface area contributed by atoms with E-state index in [4.69, 9.17) is 14.2 Å². The number of amides is 3. The predicted octanol–water partition coefficient (Wildman–Crippen LogP) is 2.32. The number of alkyl halides is 3. The predicted molar refractivity (Wildman–Crippen MR) is 127 cm³/mol. The van der Waals surface area contributed by atoms with Crippen molar-refractivity contribution in [1.82, 2.24) is 20.3 Å². The minimum Gasteiger partial charge on any atom is -0.474 e. The number of anilines is 3. The fourth-order valence-electron chi connectivity index (χ4n) is 4.52. The monoisotopic (exact) mass is 537 g/mol. The number of ether oxygens (including phenoxy) is 3. The Labute approximate surface area is 215 Å². The lowest BCUT2D eigenvalue weighted by atomic mass is 10.1. The Morgan fingerprint density at radius 2 is 2.05 bits per heavy atom. The van der Waals surface area contributed by atoms with Crippen LogP contribution in [0.2, 0.25) is 0 Å². The second kappa shape index (κ2) is 9.87. The van der Waals surface area contributed by atoms with E-state index in [9.17, 15) is 22.8 Å². The number of pyridine rings is 1. The highest BCUT2D eigenvalue weighted by Crippen LogP contribution is 2.39. The van der Waals surface area contributed by atoms with Gasteiger partial charge in [-0.05, 0) is 32.4 Å². The molecule has 2 fully saturated rings. The number of hydrogen-bond acceptors (Lipinski definition) is 9. The van der Waals surface area contributed by atoms with Crippen LogP contribution in [0.25, 0.3) is 0 Å². The number of nitrogens with one attached hydrogen (secondary N) is 2. The number of halogens is 3. The number of hydrogen-bond donors (Lipinski definition) is 2. The zero-order chi connectivity index (χ0) is 27.1. The molecule has 5 rings (SSSR count). The molecule has 2 aromatic heterocycles. The zero-order valence-corrected chi connectivity index (χ0v) is 20.6. The van der Waals surface area contributed by atoms with E-state index in [1.54, 1.807) is 11.4 Å². The van der Waals surface area contributed by atoms with Crippen LogP contribution >= 0.6 is 0 Å². The molecule has 2 aromatic rings. The fraction of sp³-hybridized carbons (Fsp3) is 0.522. The highest BCUT2D eigenvalue weighted by atomic mass is 19.4. The van der Waals surface area contributed by atoms with Gasteiger partial charge in [-0.25, -0.2) is 19.7 Å². The minimum absolute atomic E-state index is 0.157. The summed E-state index contributed by atoms with van der Waals surface area (Å²) in [6.45, 7) is 3.98. The van der Waals surface area contributed by atoms with Crippen molar-refractivity contribution >= 4 is 29.3 Å². The van der Waals surface area contributed by atoms with Gasteiger partial charge in [-0.1, -0.05) is 0 Å². The molecule has 3 aliphatic heterocycles. The lowest BCUT2D eigenvalue weighted by Crippen LogP contribution is -2.48. The Balaban J connectivity index is 1.26. The molecule has 0 aliphatic carbocycles. The molecule has 0 spiro atoms. The van der Waals surface area contributed by atoms with E-state index in [0.29, 0.717) is 31.8 Å². The van der Waals surface area contributed by atoms with E-state index in [0.717, 1.165) is 0 Å². The number of nitrogens with zero attached hydrogens (tertiary/aromatic N) is 5. The number of carbonyl (C=O) groups is 2. The maximum atomic E-state index is 13.3. The van der Waals surface area contributed by atoms with Crippen LogP contribution in [-0.2, 0) is 9.47 Å². The maximum absolute atomic E-state index is 13.3. The van der Waals surface area contributed by atoms with Crippen LogP contribution in [0.4, 0.5) is 35.3 Å². The molecule has 5 heterocycles. The molecule has 12 nitrogen and oxygen atoms in total. The molecule has 0 radical (unpaired) electrons. The summed E-state index contributed by atoms with van der Waals surface area (Å²) >= 11 is 0. The zero-order valence-electron chi connectivity index (χ0n) is 20.6. The molecule has 0 saturated carbocycles. The topological polar surface area (TPSA) is 131 Å². The number of fused-ring (bicyclic) bond motifs is 4. The van der Waals surface area contributed by atoms with Crippen LogP contribution in [0, 0.1) is 0 Å². The van der Waals surface area contributed by atoms with Crippen molar-refractivity contribution in [3.63, 3.8) is 0 Å². The first-order valence-electron chi connectivity index (χ1n) is 12.0. The summed E-state index contributed by atoms with van der Waals surface area (Å²) in [6.07, 6.45) is -1.45.